The molecule has 1 N–H and O–H groups in total. The van der Waals surface area contributed by atoms with Crippen molar-refractivity contribution in [3.05, 3.63) is 22.3 Å². The molecule has 0 unspecified atom stereocenters. The Hall–Kier alpha value is -0.900. The first kappa shape index (κ1) is 8.20. The monoisotopic (exact) mass is 214 g/mol. The van der Waals surface area contributed by atoms with Crippen LogP contribution in [0.25, 0.3) is 0 Å². The summed E-state index contributed by atoms with van der Waals surface area (Å²) in [6.45, 7) is 0. The van der Waals surface area contributed by atoms with Crippen molar-refractivity contribution < 1.29 is 4.79 Å². The van der Waals surface area contributed by atoms with Crippen LogP contribution in [0.5, 0.6) is 0 Å². The van der Waals surface area contributed by atoms with E-state index in [0.29, 0.717) is 16.0 Å². The second-order valence-electron chi connectivity index (χ2n) is 1.94. The van der Waals surface area contributed by atoms with Crippen LogP contribution in [-0.2, 0) is 0 Å². The van der Waals surface area contributed by atoms with Gasteiger partial charge in [-0.3, -0.25) is 4.79 Å². The number of nitrogens with zero attached hydrogens (tertiary/aromatic N) is 1. The molecule has 0 amide bonds. The number of halogens is 1. The summed E-state index contributed by atoms with van der Waals surface area (Å²) >= 11 is 3.20. The van der Waals surface area contributed by atoms with E-state index in [0.717, 1.165) is 6.29 Å². The zero-order valence-electron chi connectivity index (χ0n) is 5.97. The van der Waals surface area contributed by atoms with Gasteiger partial charge < -0.3 is 5.32 Å². The zero-order chi connectivity index (χ0) is 8.27. The molecule has 0 fully saturated rings. The van der Waals surface area contributed by atoms with E-state index in [2.05, 4.69) is 26.2 Å². The van der Waals surface area contributed by atoms with Crippen LogP contribution in [0.4, 0.5) is 5.82 Å². The van der Waals surface area contributed by atoms with Crippen molar-refractivity contribution in [3.63, 3.8) is 0 Å². The number of anilines is 1. The number of carbonyl (C=O) groups is 1. The summed E-state index contributed by atoms with van der Waals surface area (Å²) < 4.78 is 0.715. The molecule has 0 saturated heterocycles. The molecule has 1 heterocycles. The number of carbonyl (C=O) groups excluding carboxylic acids is 1. The van der Waals surface area contributed by atoms with E-state index in [1.54, 1.807) is 19.2 Å². The Kier molecular flexibility index (Phi) is 2.59. The lowest BCUT2D eigenvalue weighted by Crippen LogP contribution is -1.97. The molecule has 4 heteroatoms. The maximum absolute atomic E-state index is 10.4. The third kappa shape index (κ3) is 1.77. The predicted molar refractivity (Wildman–Crippen MR) is 46.9 cm³/mol. The molecule has 1 aromatic rings. The predicted octanol–water partition coefficient (Wildman–Crippen LogP) is 1.70. The van der Waals surface area contributed by atoms with Gasteiger partial charge in [0.15, 0.2) is 6.29 Å². The van der Waals surface area contributed by atoms with E-state index in [4.69, 9.17) is 0 Å². The molecule has 0 bridgehead atoms. The minimum Gasteiger partial charge on any atom is -0.373 e. The summed E-state index contributed by atoms with van der Waals surface area (Å²) in [5.74, 6) is 0.592. The number of aldehydes is 1. The lowest BCUT2D eigenvalue weighted by Gasteiger charge is -2.01. The van der Waals surface area contributed by atoms with Gasteiger partial charge in [-0.2, -0.15) is 0 Å². The summed E-state index contributed by atoms with van der Waals surface area (Å²) in [6.07, 6.45) is 0.769. The minimum absolute atomic E-state index is 0.565. The van der Waals surface area contributed by atoms with Crippen molar-refractivity contribution in [2.45, 2.75) is 0 Å². The van der Waals surface area contributed by atoms with Gasteiger partial charge in [-0.05, 0) is 28.1 Å². The fraction of sp³-hybridized carbons (Fsp3) is 0.143. The Bertz CT molecular complexity index is 275. The number of hydrogen-bond donors (Lipinski definition) is 1. The highest BCUT2D eigenvalue weighted by Gasteiger charge is 2.00. The van der Waals surface area contributed by atoms with Crippen LogP contribution < -0.4 is 5.32 Å². The second-order valence-corrected chi connectivity index (χ2v) is 2.75. The van der Waals surface area contributed by atoms with Crippen molar-refractivity contribution in [1.29, 1.82) is 0 Å². The number of pyridine rings is 1. The molecule has 0 aliphatic heterocycles. The summed E-state index contributed by atoms with van der Waals surface area (Å²) in [6, 6.07) is 3.43. The molecule has 1 rings (SSSR count). The van der Waals surface area contributed by atoms with Crippen molar-refractivity contribution in [1.82, 2.24) is 4.98 Å². The maximum Gasteiger partial charge on any atom is 0.153 e. The van der Waals surface area contributed by atoms with Gasteiger partial charge in [0.1, 0.15) is 10.4 Å². The van der Waals surface area contributed by atoms with Crippen LogP contribution in [0.2, 0.25) is 0 Å². The molecular formula is C7H7BrN2O. The van der Waals surface area contributed by atoms with E-state index >= 15 is 0 Å². The average molecular weight is 215 g/mol. The maximum atomic E-state index is 10.4. The molecular weight excluding hydrogens is 208 g/mol. The van der Waals surface area contributed by atoms with Gasteiger partial charge in [-0.25, -0.2) is 4.98 Å². The van der Waals surface area contributed by atoms with Gasteiger partial charge in [0.2, 0.25) is 0 Å². The molecule has 0 spiro atoms. The van der Waals surface area contributed by atoms with E-state index in [9.17, 15) is 4.79 Å². The highest BCUT2D eigenvalue weighted by atomic mass is 79.9. The lowest BCUT2D eigenvalue weighted by molar-refractivity contribution is 0.112. The largest absolute Gasteiger partial charge is 0.373 e. The fourth-order valence-electron chi connectivity index (χ4n) is 0.741. The number of rotatable bonds is 2. The Morgan fingerprint density at radius 3 is 2.91 bits per heavy atom. The summed E-state index contributed by atoms with van der Waals surface area (Å²) in [7, 11) is 1.72. The van der Waals surface area contributed by atoms with E-state index in [1.807, 2.05) is 0 Å². The molecule has 0 radical (unpaired) electrons. The Morgan fingerprint density at radius 1 is 1.64 bits per heavy atom. The minimum atomic E-state index is 0.565. The molecule has 58 valence electrons. The first-order chi connectivity index (χ1) is 5.27. The molecule has 3 nitrogen and oxygen atoms in total. The fourth-order valence-corrected chi connectivity index (χ4v) is 1.05. The van der Waals surface area contributed by atoms with Crippen LogP contribution in [0.15, 0.2) is 16.7 Å². The quantitative estimate of drug-likeness (QED) is 0.603. The standard InChI is InChI=1S/C7H7BrN2O/c1-9-7-5(4-11)2-3-6(8)10-7/h2-4H,1H3,(H,9,10). The van der Waals surface area contributed by atoms with Gasteiger partial charge in [-0.15, -0.1) is 0 Å². The molecule has 0 atom stereocenters. The van der Waals surface area contributed by atoms with Crippen LogP contribution in [0.3, 0.4) is 0 Å². The molecule has 11 heavy (non-hydrogen) atoms. The van der Waals surface area contributed by atoms with Gasteiger partial charge in [0, 0.05) is 7.05 Å². The van der Waals surface area contributed by atoms with Gasteiger partial charge in [0.25, 0.3) is 0 Å². The third-order valence-electron chi connectivity index (χ3n) is 1.26. The van der Waals surface area contributed by atoms with E-state index < -0.39 is 0 Å². The SMILES string of the molecule is CNc1nc(Br)ccc1C=O. The van der Waals surface area contributed by atoms with Crippen molar-refractivity contribution in [3.8, 4) is 0 Å². The molecule has 0 aromatic carbocycles. The Morgan fingerprint density at radius 2 is 2.36 bits per heavy atom. The van der Waals surface area contributed by atoms with Crippen LogP contribution in [0.1, 0.15) is 10.4 Å². The number of aromatic nitrogens is 1. The first-order valence-corrected chi connectivity index (χ1v) is 3.86. The normalized spacial score (nSPS) is 9.27. The van der Waals surface area contributed by atoms with Crippen molar-refractivity contribution in [2.75, 3.05) is 12.4 Å². The zero-order valence-corrected chi connectivity index (χ0v) is 7.55. The molecule has 0 saturated carbocycles. The van der Waals surface area contributed by atoms with Gasteiger partial charge in [0.05, 0.1) is 5.56 Å². The number of nitrogens with one attached hydrogen (secondary N) is 1. The van der Waals surface area contributed by atoms with Crippen molar-refractivity contribution in [2.24, 2.45) is 0 Å². The van der Waals surface area contributed by atoms with Gasteiger partial charge in [-0.1, -0.05) is 0 Å². The second kappa shape index (κ2) is 3.48. The highest BCUT2D eigenvalue weighted by Crippen LogP contribution is 2.13. The highest BCUT2D eigenvalue weighted by molar-refractivity contribution is 9.10. The molecule has 0 aliphatic carbocycles. The topological polar surface area (TPSA) is 42.0 Å². The smallest absolute Gasteiger partial charge is 0.153 e. The van der Waals surface area contributed by atoms with Crippen molar-refractivity contribution >= 4 is 28.0 Å². The summed E-state index contributed by atoms with van der Waals surface area (Å²) in [4.78, 5) is 14.4. The third-order valence-corrected chi connectivity index (χ3v) is 1.70. The van der Waals surface area contributed by atoms with E-state index in [1.165, 1.54) is 0 Å². The van der Waals surface area contributed by atoms with Crippen LogP contribution in [-0.4, -0.2) is 18.3 Å². The van der Waals surface area contributed by atoms with Crippen LogP contribution >= 0.6 is 15.9 Å². The lowest BCUT2D eigenvalue weighted by atomic mass is 10.3. The summed E-state index contributed by atoms with van der Waals surface area (Å²) in [5.41, 5.74) is 0.565. The Balaban J connectivity index is 3.16. The molecule has 0 aliphatic rings. The molecule has 1 aromatic heterocycles. The van der Waals surface area contributed by atoms with Gasteiger partial charge >= 0.3 is 0 Å². The first-order valence-electron chi connectivity index (χ1n) is 3.07. The van der Waals surface area contributed by atoms with Crippen LogP contribution in [0, 0.1) is 0 Å². The Labute approximate surface area is 73.0 Å². The number of hydrogen-bond acceptors (Lipinski definition) is 3. The van der Waals surface area contributed by atoms with E-state index in [-0.39, 0.29) is 0 Å². The average Bonchev–Trinajstić information content (AvgIpc) is 2.04. The summed E-state index contributed by atoms with van der Waals surface area (Å²) in [5, 5.41) is 2.81.